The number of nitrogens with zero attached hydrogens (tertiary/aromatic N) is 3. The molecule has 3 unspecified atom stereocenters. The number of carboxylic acids is 6. The third kappa shape index (κ3) is 43.3. The van der Waals surface area contributed by atoms with Crippen LogP contribution in [0.1, 0.15) is 38.5 Å². The number of carboxylic acid groups (broad SMARTS) is 6. The summed E-state index contributed by atoms with van der Waals surface area (Å²) in [7, 11) is 0. The second kappa shape index (κ2) is 38.7. The minimum atomic E-state index is -1.54. The van der Waals surface area contributed by atoms with Crippen LogP contribution in [0.5, 0.6) is 0 Å². The first-order chi connectivity index (χ1) is 18.2. The number of rotatable bonds is 12. The minimum Gasteiger partial charge on any atom is 0 e. The molecule has 0 aromatic heterocycles. The summed E-state index contributed by atoms with van der Waals surface area (Å²) in [6.45, 7) is 32.5. The van der Waals surface area contributed by atoms with Crippen LogP contribution in [0.4, 0.5) is 0 Å². The van der Waals surface area contributed by atoms with E-state index in [4.69, 9.17) is 33.7 Å². The molecule has 0 fully saturated rings. The van der Waals surface area contributed by atoms with Crippen molar-refractivity contribution in [2.45, 2.75) is 56.7 Å². The van der Waals surface area contributed by atoms with Crippen molar-refractivity contribution in [3.63, 3.8) is 0 Å². The van der Waals surface area contributed by atoms with Crippen LogP contribution in [-0.2, 0) is 63.8 Å². The summed E-state index contributed by atoms with van der Waals surface area (Å²) in [4.78, 5) is 67.4. The molecule has 0 spiro atoms. The molecule has 0 aromatic carbocycles. The third-order valence-electron chi connectivity index (χ3n) is 3.15. The van der Waals surface area contributed by atoms with E-state index in [1.165, 1.54) is 0 Å². The van der Waals surface area contributed by atoms with E-state index in [0.717, 1.165) is 0 Å². The van der Waals surface area contributed by atoms with Crippen LogP contribution in [0.3, 0.4) is 0 Å². The van der Waals surface area contributed by atoms with E-state index in [0.29, 0.717) is 0 Å². The largest absolute Gasteiger partial charge is 0 e. The Kier molecular flexibility index (Phi) is 50.1. The third-order valence-corrected chi connectivity index (χ3v) is 3.15. The Hall–Kier alpha value is -4.80. The van der Waals surface area contributed by atoms with Crippen LogP contribution < -0.4 is 30.6 Å². The van der Waals surface area contributed by atoms with Gasteiger partial charge in [0.2, 0.25) is 0 Å². The molecule has 19 heteroatoms. The fraction of sp³-hybridized carbons (Fsp3) is 0.429. The molecule has 18 nitrogen and oxygen atoms in total. The Labute approximate surface area is 241 Å². The topological polar surface area (TPSA) is 314 Å². The fourth-order valence-electron chi connectivity index (χ4n) is 1.47. The first-order valence-electron chi connectivity index (χ1n) is 9.16. The van der Waals surface area contributed by atoms with Crippen LogP contribution in [0.15, 0.2) is 0 Å². The van der Waals surface area contributed by atoms with Gasteiger partial charge in [0, 0.05) is 58.2 Å². The van der Waals surface area contributed by atoms with Crippen molar-refractivity contribution >= 4 is 35.8 Å². The van der Waals surface area contributed by atoms with Crippen LogP contribution in [0, 0.1) is 39.7 Å². The Morgan fingerprint density at radius 1 is 0.475 bits per heavy atom. The van der Waals surface area contributed by atoms with Gasteiger partial charge in [-0.25, -0.2) is 19.7 Å². The maximum absolute atomic E-state index is 10.0. The average molecular weight is 645 g/mol. The minimum absolute atomic E-state index is 0. The zero-order valence-corrected chi connectivity index (χ0v) is 21.9. The summed E-state index contributed by atoms with van der Waals surface area (Å²) < 4.78 is 22.5. The number of carbonyl (C=O) groups is 6. The van der Waals surface area contributed by atoms with Gasteiger partial charge in [0.1, 0.15) is 17.9 Å². The van der Waals surface area contributed by atoms with Gasteiger partial charge in [0.05, 0.1) is 0 Å². The second-order valence-corrected chi connectivity index (χ2v) is 5.62. The van der Waals surface area contributed by atoms with E-state index in [1.807, 2.05) is 0 Å². The van der Waals surface area contributed by atoms with E-state index in [1.54, 1.807) is 0 Å². The van der Waals surface area contributed by atoms with Crippen LogP contribution in [-0.4, -0.2) is 53.9 Å². The first-order valence-corrected chi connectivity index (χ1v) is 9.16. The van der Waals surface area contributed by atoms with E-state index in [-0.39, 0.29) is 40.3 Å². The van der Waals surface area contributed by atoms with Crippen LogP contribution in [0.2, 0.25) is 0 Å². The molecule has 0 N–H and O–H groups in total. The van der Waals surface area contributed by atoms with Crippen LogP contribution in [0.25, 0.3) is 14.5 Å². The van der Waals surface area contributed by atoms with Gasteiger partial charge in [-0.15, -0.1) is 0 Å². The molecular formula is C21H15MoN3O15-6. The number of hydrogen-bond donors (Lipinski definition) is 0. The summed E-state index contributed by atoms with van der Waals surface area (Å²) >= 11 is 0. The molecular weight excluding hydrogens is 630 g/mol. The molecule has 216 valence electrons. The van der Waals surface area contributed by atoms with E-state index < -0.39 is 73.2 Å². The quantitative estimate of drug-likeness (QED) is 0.109. The van der Waals surface area contributed by atoms with E-state index in [2.05, 4.69) is 34.5 Å². The standard InChI is InChI=1S/3C6H7NO4.3CO.Mo/c3*1-7-4(6(10)11)2-3-5(8)9;3*1-2;/h3*4H,2-3H2,(H,8,9)(H,10,11);;;;/p-6. The summed E-state index contributed by atoms with van der Waals surface area (Å²) in [5.74, 6) is -8.71. The van der Waals surface area contributed by atoms with Gasteiger partial charge in [-0.3, -0.25) is 0 Å². The van der Waals surface area contributed by atoms with Gasteiger partial charge in [-0.2, -0.15) is 0 Å². The van der Waals surface area contributed by atoms with Crippen molar-refractivity contribution in [1.29, 1.82) is 0 Å². The molecule has 0 amide bonds. The maximum atomic E-state index is 10.0. The molecule has 0 aromatic rings. The number of hydrogen-bond acceptors (Lipinski definition) is 12. The number of aliphatic carboxylic acids is 6. The molecule has 0 saturated heterocycles. The Morgan fingerprint density at radius 3 is 0.700 bits per heavy atom. The van der Waals surface area contributed by atoms with Gasteiger partial charge in [0.25, 0.3) is 18.1 Å². The summed E-state index contributed by atoms with van der Waals surface area (Å²) in [5, 5.41) is 59.5. The maximum Gasteiger partial charge on any atom is 0 e. The van der Waals surface area contributed by atoms with Gasteiger partial charge in [0.15, 0.2) is 0 Å². The van der Waals surface area contributed by atoms with Crippen LogP contribution >= 0.6 is 0 Å². The van der Waals surface area contributed by atoms with Crippen molar-refractivity contribution in [3.8, 4) is 0 Å². The van der Waals surface area contributed by atoms with E-state index >= 15 is 0 Å². The molecule has 0 aliphatic carbocycles. The summed E-state index contributed by atoms with van der Waals surface area (Å²) in [6, 6.07) is -4.10. The molecule has 0 aliphatic rings. The molecule has 0 heterocycles. The molecule has 0 bridgehead atoms. The molecule has 0 saturated carbocycles. The summed E-state index contributed by atoms with van der Waals surface area (Å²) in [5.41, 5.74) is 0. The second-order valence-electron chi connectivity index (χ2n) is 5.62. The van der Waals surface area contributed by atoms with Crippen molar-refractivity contribution in [2.75, 3.05) is 0 Å². The zero-order chi connectivity index (χ0) is 32.6. The zero-order valence-electron chi connectivity index (χ0n) is 19.8. The molecule has 40 heavy (non-hydrogen) atoms. The Bertz CT molecular complexity index is 847. The van der Waals surface area contributed by atoms with Crippen molar-refractivity contribution in [2.24, 2.45) is 0 Å². The normalized spacial score (nSPS) is 9.68. The number of carbonyl (C=O) groups excluding carboxylic acids is 6. The van der Waals surface area contributed by atoms with Gasteiger partial charge in [-0.1, -0.05) is 0 Å². The SMILES string of the molecule is [C-]#[N+]C(CCC(=O)[O-])C(=O)[O-].[C-]#[N+]C(CCC(=O)[O-])C(=O)[O-].[C-]#[N+]C(CCC(=O)[O-])C(=O)[O-].[C-]#[O+].[C-]#[O+].[C-]#[O+].[Mo]. The Morgan fingerprint density at radius 2 is 0.625 bits per heavy atom. The first kappa shape index (κ1) is 51.8. The van der Waals surface area contributed by atoms with Gasteiger partial charge in [-0.05, 0) is 19.3 Å². The van der Waals surface area contributed by atoms with Crippen molar-refractivity contribution < 1.29 is 94.4 Å². The smallest absolute Gasteiger partial charge is 0 e. The Balaban J connectivity index is -0.0000000735. The van der Waals surface area contributed by atoms with Crippen molar-refractivity contribution in [1.82, 2.24) is 0 Å². The van der Waals surface area contributed by atoms with E-state index in [9.17, 15) is 59.4 Å². The fourth-order valence-corrected chi connectivity index (χ4v) is 1.47. The molecule has 0 aliphatic heterocycles. The molecule has 0 radical (unpaired) electrons. The van der Waals surface area contributed by atoms with Gasteiger partial charge >= 0.3 is 33.9 Å². The summed E-state index contributed by atoms with van der Waals surface area (Å²) in [6.07, 6.45) is -2.06. The average Bonchev–Trinajstić information content (AvgIpc) is 2.88. The molecule has 0 rings (SSSR count). The predicted molar refractivity (Wildman–Crippen MR) is 101 cm³/mol. The van der Waals surface area contributed by atoms with Gasteiger partial charge < -0.3 is 73.9 Å². The predicted octanol–water partition coefficient (Wildman–Crippen LogP) is -7.45. The molecule has 3 atom stereocenters. The van der Waals surface area contributed by atoms with Crippen molar-refractivity contribution in [3.05, 3.63) is 54.2 Å². The monoisotopic (exact) mass is 647 g/mol.